The van der Waals surface area contributed by atoms with Crippen molar-refractivity contribution in [2.75, 3.05) is 44.2 Å². The predicted octanol–water partition coefficient (Wildman–Crippen LogP) is 2.06. The Morgan fingerprint density at radius 2 is 2.12 bits per heavy atom. The third-order valence-electron chi connectivity index (χ3n) is 5.58. The Kier molecular flexibility index (Phi) is 5.95. The van der Waals surface area contributed by atoms with E-state index in [0.717, 1.165) is 51.4 Å². The van der Waals surface area contributed by atoms with Gasteiger partial charge in [-0.3, -0.25) is 14.6 Å². The van der Waals surface area contributed by atoms with Crippen molar-refractivity contribution in [1.29, 1.82) is 0 Å². The van der Waals surface area contributed by atoms with Crippen molar-refractivity contribution in [3.8, 4) is 0 Å². The maximum absolute atomic E-state index is 12.8. The van der Waals surface area contributed by atoms with Gasteiger partial charge in [0.25, 0.3) is 0 Å². The van der Waals surface area contributed by atoms with Gasteiger partial charge in [-0.2, -0.15) is 0 Å². The molecule has 1 aromatic rings. The lowest BCUT2D eigenvalue weighted by atomic mass is 9.78. The number of ether oxygens (including phenoxy) is 1. The van der Waals surface area contributed by atoms with Gasteiger partial charge in [-0.15, -0.1) is 0 Å². The van der Waals surface area contributed by atoms with Gasteiger partial charge in [0.2, 0.25) is 5.91 Å². The van der Waals surface area contributed by atoms with E-state index in [1.807, 2.05) is 30.0 Å². The molecule has 144 valence electrons. The Morgan fingerprint density at radius 1 is 1.35 bits per heavy atom. The summed E-state index contributed by atoms with van der Waals surface area (Å²) in [5.41, 5.74) is -0.264. The second-order valence-corrected chi connectivity index (χ2v) is 8.02. The van der Waals surface area contributed by atoms with Crippen molar-refractivity contribution in [1.82, 2.24) is 15.2 Å². The first kappa shape index (κ1) is 19.3. The van der Waals surface area contributed by atoms with Crippen LogP contribution in [0.2, 0.25) is 0 Å². The summed E-state index contributed by atoms with van der Waals surface area (Å²) < 4.78 is 6.02. The Balaban J connectivity index is 1.93. The molecule has 3 heterocycles. The number of rotatable bonds is 5. The van der Waals surface area contributed by atoms with E-state index in [0.29, 0.717) is 13.0 Å². The van der Waals surface area contributed by atoms with Crippen molar-refractivity contribution in [3.63, 3.8) is 0 Å². The van der Waals surface area contributed by atoms with E-state index in [4.69, 9.17) is 4.74 Å². The molecule has 0 spiro atoms. The fourth-order valence-corrected chi connectivity index (χ4v) is 4.39. The fourth-order valence-electron chi connectivity index (χ4n) is 4.39. The second-order valence-electron chi connectivity index (χ2n) is 8.02. The zero-order valence-corrected chi connectivity index (χ0v) is 16.3. The summed E-state index contributed by atoms with van der Waals surface area (Å²) in [6.07, 6.45) is 4.10. The molecule has 2 fully saturated rings. The highest BCUT2D eigenvalue weighted by Gasteiger charge is 2.47. The molecule has 1 amide bonds. The summed E-state index contributed by atoms with van der Waals surface area (Å²) in [7, 11) is 0. The van der Waals surface area contributed by atoms with Crippen LogP contribution < -0.4 is 10.2 Å². The van der Waals surface area contributed by atoms with E-state index >= 15 is 0 Å². The molecular formula is C20H32N4O2. The minimum Gasteiger partial charge on any atom is -0.375 e. The third kappa shape index (κ3) is 4.24. The summed E-state index contributed by atoms with van der Waals surface area (Å²) in [5.74, 6) is 0.876. The van der Waals surface area contributed by atoms with Gasteiger partial charge in [-0.05, 0) is 38.8 Å². The Hall–Kier alpha value is -1.50. The Labute approximate surface area is 156 Å². The van der Waals surface area contributed by atoms with Crippen molar-refractivity contribution >= 4 is 11.7 Å². The van der Waals surface area contributed by atoms with Crippen LogP contribution in [0.5, 0.6) is 0 Å². The lowest BCUT2D eigenvalue weighted by Crippen LogP contribution is -2.65. The van der Waals surface area contributed by atoms with Gasteiger partial charge in [-0.1, -0.05) is 13.0 Å². The van der Waals surface area contributed by atoms with Crippen molar-refractivity contribution in [3.05, 3.63) is 24.4 Å². The molecule has 2 aliphatic heterocycles. The zero-order chi connectivity index (χ0) is 18.6. The largest absolute Gasteiger partial charge is 0.375 e. The zero-order valence-electron chi connectivity index (χ0n) is 16.3. The molecule has 6 nitrogen and oxygen atoms in total. The fraction of sp³-hybridized carbons (Fsp3) is 0.700. The van der Waals surface area contributed by atoms with Gasteiger partial charge in [0.15, 0.2) is 0 Å². The number of piperazine rings is 1. The maximum Gasteiger partial charge on any atom is 0.227 e. The van der Waals surface area contributed by atoms with E-state index < -0.39 is 0 Å². The summed E-state index contributed by atoms with van der Waals surface area (Å²) in [6.45, 7) is 11.6. The average molecular weight is 361 g/mol. The smallest absolute Gasteiger partial charge is 0.227 e. The lowest BCUT2D eigenvalue weighted by Gasteiger charge is -2.53. The van der Waals surface area contributed by atoms with Crippen LogP contribution in [-0.2, 0) is 9.53 Å². The number of nitrogens with one attached hydrogen (secondary N) is 1. The molecule has 0 aliphatic carbocycles. The first-order valence-electron chi connectivity index (χ1n) is 9.77. The molecule has 1 atom stereocenters. The molecule has 3 rings (SSSR count). The van der Waals surface area contributed by atoms with Crippen LogP contribution in [0.4, 0.5) is 5.82 Å². The standard InChI is InChI=1S/C20H32N4O2/c1-4-18(25)24(17-7-5-6-9-22-17)16-20(23-12-10-21-11-13-23)8-14-26-19(2,3)15-20/h5-7,9,21H,4,8,10-16H2,1-3H3. The topological polar surface area (TPSA) is 57.7 Å². The minimum absolute atomic E-state index is 0.0772. The number of nitrogens with zero attached hydrogens (tertiary/aromatic N) is 3. The highest BCUT2D eigenvalue weighted by atomic mass is 16.5. The molecule has 26 heavy (non-hydrogen) atoms. The normalized spacial score (nSPS) is 26.4. The van der Waals surface area contributed by atoms with E-state index in [2.05, 4.69) is 29.0 Å². The number of anilines is 1. The Morgan fingerprint density at radius 3 is 2.73 bits per heavy atom. The molecule has 0 bridgehead atoms. The quantitative estimate of drug-likeness (QED) is 0.871. The van der Waals surface area contributed by atoms with Crippen LogP contribution in [0.15, 0.2) is 24.4 Å². The van der Waals surface area contributed by atoms with Gasteiger partial charge in [0.1, 0.15) is 5.82 Å². The molecule has 0 saturated carbocycles. The molecule has 2 aliphatic rings. The van der Waals surface area contributed by atoms with Crippen LogP contribution in [-0.4, -0.2) is 66.3 Å². The highest BCUT2D eigenvalue weighted by Crippen LogP contribution is 2.38. The van der Waals surface area contributed by atoms with Gasteiger partial charge < -0.3 is 10.1 Å². The van der Waals surface area contributed by atoms with Crippen LogP contribution in [0.1, 0.15) is 40.0 Å². The molecule has 2 saturated heterocycles. The van der Waals surface area contributed by atoms with Gasteiger partial charge in [-0.25, -0.2) is 4.98 Å². The number of amides is 1. The second kappa shape index (κ2) is 8.03. The van der Waals surface area contributed by atoms with Crippen LogP contribution in [0.3, 0.4) is 0 Å². The molecule has 1 aromatic heterocycles. The van der Waals surface area contributed by atoms with Crippen LogP contribution >= 0.6 is 0 Å². The summed E-state index contributed by atoms with van der Waals surface area (Å²) in [6, 6.07) is 5.77. The number of aromatic nitrogens is 1. The number of carbonyl (C=O) groups excluding carboxylic acids is 1. The van der Waals surface area contributed by atoms with Crippen molar-refractivity contribution in [2.24, 2.45) is 0 Å². The minimum atomic E-state index is -0.186. The number of hydrogen-bond acceptors (Lipinski definition) is 5. The van der Waals surface area contributed by atoms with Gasteiger partial charge in [0, 0.05) is 57.5 Å². The summed E-state index contributed by atoms with van der Waals surface area (Å²) >= 11 is 0. The average Bonchev–Trinajstić information content (AvgIpc) is 2.66. The first-order chi connectivity index (χ1) is 12.5. The van der Waals surface area contributed by atoms with Crippen molar-refractivity contribution in [2.45, 2.75) is 51.2 Å². The van der Waals surface area contributed by atoms with Gasteiger partial charge in [0.05, 0.1) is 5.60 Å². The van der Waals surface area contributed by atoms with E-state index in [1.54, 1.807) is 6.20 Å². The maximum atomic E-state index is 12.8. The molecule has 6 heteroatoms. The SMILES string of the molecule is CCC(=O)N(CC1(N2CCNCC2)CCOC(C)(C)C1)c1ccccn1. The highest BCUT2D eigenvalue weighted by molar-refractivity contribution is 5.92. The summed E-state index contributed by atoms with van der Waals surface area (Å²) in [5, 5.41) is 3.44. The molecule has 1 unspecified atom stereocenters. The number of hydrogen-bond donors (Lipinski definition) is 1. The summed E-state index contributed by atoms with van der Waals surface area (Å²) in [4.78, 5) is 21.7. The van der Waals surface area contributed by atoms with Crippen LogP contribution in [0, 0.1) is 0 Å². The van der Waals surface area contributed by atoms with E-state index in [-0.39, 0.29) is 17.0 Å². The third-order valence-corrected chi connectivity index (χ3v) is 5.58. The predicted molar refractivity (Wildman–Crippen MR) is 103 cm³/mol. The van der Waals surface area contributed by atoms with E-state index in [1.165, 1.54) is 0 Å². The van der Waals surface area contributed by atoms with Crippen molar-refractivity contribution < 1.29 is 9.53 Å². The van der Waals surface area contributed by atoms with Crippen LogP contribution in [0.25, 0.3) is 0 Å². The monoisotopic (exact) mass is 360 g/mol. The number of pyridine rings is 1. The lowest BCUT2D eigenvalue weighted by molar-refractivity contribution is -0.127. The Bertz CT molecular complexity index is 601. The molecule has 0 aromatic carbocycles. The molecule has 0 radical (unpaired) electrons. The molecular weight excluding hydrogens is 328 g/mol. The number of carbonyl (C=O) groups is 1. The first-order valence-corrected chi connectivity index (χ1v) is 9.77. The van der Waals surface area contributed by atoms with E-state index in [9.17, 15) is 4.79 Å². The van der Waals surface area contributed by atoms with Gasteiger partial charge >= 0.3 is 0 Å². The molecule has 1 N–H and O–H groups in total.